The van der Waals surface area contributed by atoms with Gasteiger partial charge in [-0.05, 0) is 69.5 Å². The number of benzene rings is 4. The minimum atomic E-state index is -0.476. The smallest absolute Gasteiger partial charge is 0.207 e. The van der Waals surface area contributed by atoms with Crippen molar-refractivity contribution in [1.29, 1.82) is 0 Å². The molecule has 3 heterocycles. The first kappa shape index (κ1) is 33.2. The minimum absolute atomic E-state index is 0.101. The zero-order chi connectivity index (χ0) is 36.3. The van der Waals surface area contributed by atoms with Crippen molar-refractivity contribution in [3.8, 4) is 22.5 Å². The number of hydrogen-bond acceptors (Lipinski definition) is 0. The van der Waals surface area contributed by atoms with Crippen LogP contribution in [0.25, 0.3) is 49.6 Å². The minimum Gasteiger partial charge on any atom is -0.207 e. The molecule has 2 aliphatic carbocycles. The summed E-state index contributed by atoms with van der Waals surface area (Å²) in [4.78, 5) is 0. The van der Waals surface area contributed by atoms with Crippen LogP contribution in [-0.2, 0) is 36.3 Å². The van der Waals surface area contributed by atoms with Crippen molar-refractivity contribution in [2.24, 2.45) is 7.05 Å². The lowest BCUT2D eigenvalue weighted by molar-refractivity contribution is -0.740. The zero-order valence-electron chi connectivity index (χ0n) is 32.2. The Morgan fingerprint density at radius 1 is 0.712 bits per heavy atom. The molecule has 9 rings (SSSR count). The summed E-state index contributed by atoms with van der Waals surface area (Å²) < 4.78 is 21.4. The van der Waals surface area contributed by atoms with Crippen molar-refractivity contribution >= 4 is 27.1 Å². The van der Waals surface area contributed by atoms with Gasteiger partial charge in [0, 0.05) is 46.9 Å². The second-order valence-corrected chi connectivity index (χ2v) is 16.8. The molecule has 6 aromatic rings. The Balaban J connectivity index is 1.30. The van der Waals surface area contributed by atoms with Crippen LogP contribution in [0.2, 0.25) is 0 Å². The molecule has 0 unspecified atom stereocenters. The Morgan fingerprint density at radius 2 is 1.44 bits per heavy atom. The first-order chi connectivity index (χ1) is 25.0. The number of pyridine rings is 2. The quantitative estimate of drug-likeness (QED) is 0.148. The molecule has 0 spiro atoms. The van der Waals surface area contributed by atoms with E-state index in [-0.39, 0.29) is 16.8 Å². The molecule has 0 radical (unpaired) electrons. The predicted molar refractivity (Wildman–Crippen MR) is 213 cm³/mol. The van der Waals surface area contributed by atoms with E-state index in [1.54, 1.807) is 6.07 Å². The van der Waals surface area contributed by atoms with E-state index in [2.05, 4.69) is 150 Å². The maximum Gasteiger partial charge on any atom is 0.222 e. The Kier molecular flexibility index (Phi) is 7.30. The van der Waals surface area contributed by atoms with E-state index in [4.69, 9.17) is 0 Å². The van der Waals surface area contributed by atoms with Crippen molar-refractivity contribution < 1.29 is 13.5 Å². The SMILES string of the molecule is CCCCc1cc2c3c4[n+](ccc3c1)C(CC)(CC)C(=CCc1cccc3c1-c1c5c(cccc5cc[n+]1C)C3(C)C)c1ccc(F)c(c1-4)C2(C)C. The molecular weight excluding hydrogens is 636 g/mol. The molecular formula is C49H51FN2+2. The summed E-state index contributed by atoms with van der Waals surface area (Å²) in [5.41, 5.74) is 14.2. The van der Waals surface area contributed by atoms with Gasteiger partial charge in [-0.15, -0.1) is 0 Å². The summed E-state index contributed by atoms with van der Waals surface area (Å²) >= 11 is 0. The van der Waals surface area contributed by atoms with Crippen LogP contribution in [-0.4, -0.2) is 0 Å². The number of hydrogen-bond donors (Lipinski definition) is 0. The van der Waals surface area contributed by atoms with E-state index >= 15 is 4.39 Å². The lowest BCUT2D eigenvalue weighted by Crippen LogP contribution is -2.60. The van der Waals surface area contributed by atoms with Gasteiger partial charge in [-0.3, -0.25) is 0 Å². The Labute approximate surface area is 308 Å². The van der Waals surface area contributed by atoms with E-state index in [9.17, 15) is 0 Å². The summed E-state index contributed by atoms with van der Waals surface area (Å²) in [6, 6.07) is 27.0. The van der Waals surface area contributed by atoms with E-state index in [0.717, 1.165) is 49.7 Å². The highest BCUT2D eigenvalue weighted by Gasteiger charge is 2.53. The molecule has 52 heavy (non-hydrogen) atoms. The Hall–Kier alpha value is -4.63. The standard InChI is InChI=1S/C49H51FN2/c1-9-12-15-30-28-33-25-27-52-46-42(33)38(29-30)48(6,7)44-39(50)23-21-34(43(44)46)35(49(52,10-2)11-3)22-20-31-16-13-18-36-40(31)45-41-32(24-26-51(45)8)17-14-19-37(41)47(36,4)5/h13-14,16-19,21-29H,9-12,15,20H2,1-8H3/q+2. The lowest BCUT2D eigenvalue weighted by atomic mass is 9.64. The van der Waals surface area contributed by atoms with Gasteiger partial charge < -0.3 is 0 Å². The van der Waals surface area contributed by atoms with Crippen molar-refractivity contribution in [1.82, 2.24) is 0 Å². The summed E-state index contributed by atoms with van der Waals surface area (Å²) in [5.74, 6) is -0.101. The highest BCUT2D eigenvalue weighted by molar-refractivity contribution is 6.05. The number of rotatable bonds is 7. The molecule has 0 amide bonds. The fourth-order valence-corrected chi connectivity index (χ4v) is 10.7. The third-order valence-electron chi connectivity index (χ3n) is 13.5. The summed E-state index contributed by atoms with van der Waals surface area (Å²) in [6.45, 7) is 16.2. The monoisotopic (exact) mass is 686 g/mol. The molecule has 2 nitrogen and oxygen atoms in total. The van der Waals surface area contributed by atoms with Crippen molar-refractivity contribution in [3.63, 3.8) is 0 Å². The van der Waals surface area contributed by atoms with Gasteiger partial charge in [-0.25, -0.2) is 8.96 Å². The first-order valence-electron chi connectivity index (χ1n) is 19.6. The number of aryl methyl sites for hydroxylation is 2. The van der Waals surface area contributed by atoms with Crippen LogP contribution in [0.15, 0.2) is 91.3 Å². The van der Waals surface area contributed by atoms with Gasteiger partial charge in [0.1, 0.15) is 12.9 Å². The number of allylic oxidation sites excluding steroid dienone is 2. The number of unbranched alkanes of at least 4 members (excludes halogenated alkanes) is 1. The molecule has 3 heteroatoms. The molecule has 4 aromatic carbocycles. The summed E-state index contributed by atoms with van der Waals surface area (Å²) in [6.07, 6.45) is 13.1. The molecule has 3 aliphatic rings. The molecule has 0 saturated carbocycles. The zero-order valence-corrected chi connectivity index (χ0v) is 32.2. The maximum absolute atomic E-state index is 16.5. The normalized spacial score (nSPS) is 17.5. The second-order valence-electron chi connectivity index (χ2n) is 16.8. The third-order valence-corrected chi connectivity index (χ3v) is 13.5. The van der Waals surface area contributed by atoms with Gasteiger partial charge >= 0.3 is 0 Å². The van der Waals surface area contributed by atoms with Gasteiger partial charge in [0.25, 0.3) is 0 Å². The Morgan fingerprint density at radius 3 is 2.21 bits per heavy atom. The van der Waals surface area contributed by atoms with Crippen LogP contribution < -0.4 is 9.13 Å². The topological polar surface area (TPSA) is 7.76 Å². The van der Waals surface area contributed by atoms with Crippen LogP contribution in [0.1, 0.15) is 113 Å². The number of fused-ring (bicyclic) bond motifs is 2. The van der Waals surface area contributed by atoms with Crippen molar-refractivity contribution in [3.05, 3.63) is 136 Å². The Bertz CT molecular complexity index is 2530. The molecule has 0 fully saturated rings. The van der Waals surface area contributed by atoms with Gasteiger partial charge in [0.2, 0.25) is 11.4 Å². The van der Waals surface area contributed by atoms with E-state index in [0.29, 0.717) is 0 Å². The predicted octanol–water partition coefficient (Wildman–Crippen LogP) is 11.4. The van der Waals surface area contributed by atoms with E-state index in [1.165, 1.54) is 77.5 Å². The highest BCUT2D eigenvalue weighted by Crippen LogP contribution is 2.56. The van der Waals surface area contributed by atoms with Crippen LogP contribution in [0.3, 0.4) is 0 Å². The molecule has 0 atom stereocenters. The van der Waals surface area contributed by atoms with Gasteiger partial charge in [-0.2, -0.15) is 4.57 Å². The number of halogens is 1. The van der Waals surface area contributed by atoms with Gasteiger partial charge in [-0.1, -0.05) is 116 Å². The lowest BCUT2D eigenvalue weighted by Gasteiger charge is -2.42. The highest BCUT2D eigenvalue weighted by atomic mass is 19.1. The fraction of sp³-hybridized carbons (Fsp3) is 0.347. The summed E-state index contributed by atoms with van der Waals surface area (Å²) in [5, 5.41) is 5.23. The molecule has 0 saturated heterocycles. The van der Waals surface area contributed by atoms with Crippen LogP contribution in [0.5, 0.6) is 0 Å². The van der Waals surface area contributed by atoms with E-state index < -0.39 is 5.41 Å². The fourth-order valence-electron chi connectivity index (χ4n) is 10.7. The van der Waals surface area contributed by atoms with Gasteiger partial charge in [0.15, 0.2) is 17.9 Å². The van der Waals surface area contributed by atoms with Gasteiger partial charge in [0.05, 0.1) is 21.9 Å². The number of aromatic nitrogens is 2. The average Bonchev–Trinajstić information content (AvgIpc) is 3.14. The largest absolute Gasteiger partial charge is 0.222 e. The van der Waals surface area contributed by atoms with Crippen molar-refractivity contribution in [2.45, 2.75) is 103 Å². The second kappa shape index (κ2) is 11.4. The average molecular weight is 687 g/mol. The first-order valence-corrected chi connectivity index (χ1v) is 19.6. The van der Waals surface area contributed by atoms with Crippen molar-refractivity contribution in [2.75, 3.05) is 0 Å². The molecule has 262 valence electrons. The third kappa shape index (κ3) is 4.23. The number of nitrogens with zero attached hydrogens (tertiary/aromatic N) is 2. The summed E-state index contributed by atoms with van der Waals surface area (Å²) in [7, 11) is 2.19. The van der Waals surface area contributed by atoms with Crippen LogP contribution in [0.4, 0.5) is 4.39 Å². The van der Waals surface area contributed by atoms with E-state index in [1.807, 2.05) is 0 Å². The molecule has 1 aliphatic heterocycles. The van der Waals surface area contributed by atoms with Crippen LogP contribution >= 0.6 is 0 Å². The maximum atomic E-state index is 16.5. The molecule has 2 aromatic heterocycles. The molecule has 0 bridgehead atoms. The van der Waals surface area contributed by atoms with Crippen LogP contribution in [0, 0.1) is 5.82 Å². The molecule has 0 N–H and O–H groups in total.